The summed E-state index contributed by atoms with van der Waals surface area (Å²) in [5, 5.41) is 10.5. The predicted molar refractivity (Wildman–Crippen MR) is 49.9 cm³/mol. The minimum Gasteiger partial charge on any atom is -0.465 e. The average Bonchev–Trinajstić information content (AvgIpc) is 2.15. The summed E-state index contributed by atoms with van der Waals surface area (Å²) in [5.41, 5.74) is 0.585. The highest BCUT2D eigenvalue weighted by atomic mass is 35.5. The van der Waals surface area contributed by atoms with Crippen molar-refractivity contribution in [2.45, 2.75) is 0 Å². The molecule has 0 aliphatic rings. The number of carboxylic acid groups (broad SMARTS) is 1. The normalized spacial score (nSPS) is 8.64. The van der Waals surface area contributed by atoms with Crippen LogP contribution < -0.4 is 5.32 Å². The molecule has 0 aromatic carbocycles. The van der Waals surface area contributed by atoms with Crippen molar-refractivity contribution in [3.8, 4) is 11.8 Å². The van der Waals surface area contributed by atoms with E-state index >= 15 is 0 Å². The van der Waals surface area contributed by atoms with Crippen molar-refractivity contribution in [3.63, 3.8) is 0 Å². The van der Waals surface area contributed by atoms with Gasteiger partial charge in [0.25, 0.3) is 0 Å². The first-order valence-electron chi connectivity index (χ1n) is 3.61. The van der Waals surface area contributed by atoms with Gasteiger partial charge in [0, 0.05) is 12.4 Å². The molecule has 0 aliphatic heterocycles. The predicted octanol–water partition coefficient (Wildman–Crippen LogP) is 0.749. The number of amides is 1. The second-order valence-electron chi connectivity index (χ2n) is 2.20. The van der Waals surface area contributed by atoms with E-state index in [1.165, 1.54) is 12.4 Å². The fourth-order valence-electron chi connectivity index (χ4n) is 0.643. The van der Waals surface area contributed by atoms with E-state index in [0.717, 1.165) is 0 Å². The van der Waals surface area contributed by atoms with Gasteiger partial charge in [-0.1, -0.05) is 11.8 Å². The molecule has 0 saturated carbocycles. The smallest absolute Gasteiger partial charge is 0.405 e. The van der Waals surface area contributed by atoms with Gasteiger partial charge >= 0.3 is 6.09 Å². The van der Waals surface area contributed by atoms with Gasteiger partial charge in [-0.2, -0.15) is 0 Å². The molecule has 0 aliphatic carbocycles. The molecular formula is C8H6ClN3O2. The first-order chi connectivity index (χ1) is 6.68. The monoisotopic (exact) mass is 211 g/mol. The number of aromatic nitrogens is 2. The molecule has 0 unspecified atom stereocenters. The lowest BCUT2D eigenvalue weighted by molar-refractivity contribution is 0.196. The second kappa shape index (κ2) is 5.04. The molecule has 0 fully saturated rings. The molecule has 0 saturated heterocycles. The lowest BCUT2D eigenvalue weighted by Gasteiger charge is -1.90. The SMILES string of the molecule is O=C(O)NCC#Cc1cnc(Cl)nc1. The molecule has 14 heavy (non-hydrogen) atoms. The van der Waals surface area contributed by atoms with Crippen molar-refractivity contribution in [2.75, 3.05) is 6.54 Å². The van der Waals surface area contributed by atoms with Gasteiger partial charge in [-0.05, 0) is 11.6 Å². The molecule has 1 heterocycles. The third-order valence-corrected chi connectivity index (χ3v) is 1.38. The van der Waals surface area contributed by atoms with E-state index in [4.69, 9.17) is 16.7 Å². The molecule has 6 heteroatoms. The molecule has 0 atom stereocenters. The van der Waals surface area contributed by atoms with Gasteiger partial charge in [-0.15, -0.1) is 0 Å². The highest BCUT2D eigenvalue weighted by molar-refractivity contribution is 6.28. The Labute approximate surface area is 85.1 Å². The number of hydrogen-bond acceptors (Lipinski definition) is 3. The van der Waals surface area contributed by atoms with Crippen LogP contribution in [0.4, 0.5) is 4.79 Å². The summed E-state index contributed by atoms with van der Waals surface area (Å²) >= 11 is 5.45. The summed E-state index contributed by atoms with van der Waals surface area (Å²) in [6.07, 6.45) is 1.82. The topological polar surface area (TPSA) is 75.1 Å². The molecule has 0 spiro atoms. The lowest BCUT2D eigenvalue weighted by atomic mass is 10.3. The Morgan fingerprint density at radius 2 is 2.21 bits per heavy atom. The van der Waals surface area contributed by atoms with Crippen LogP contribution in [0.3, 0.4) is 0 Å². The fourth-order valence-corrected chi connectivity index (χ4v) is 0.740. The molecule has 5 nitrogen and oxygen atoms in total. The van der Waals surface area contributed by atoms with Crippen LogP contribution in [-0.4, -0.2) is 27.7 Å². The van der Waals surface area contributed by atoms with Gasteiger partial charge in [0.05, 0.1) is 12.1 Å². The number of rotatable bonds is 1. The van der Waals surface area contributed by atoms with Crippen LogP contribution in [0.25, 0.3) is 0 Å². The van der Waals surface area contributed by atoms with E-state index in [-0.39, 0.29) is 11.8 Å². The van der Waals surface area contributed by atoms with Crippen molar-refractivity contribution in [2.24, 2.45) is 0 Å². The summed E-state index contributed by atoms with van der Waals surface area (Å²) in [7, 11) is 0. The first-order valence-corrected chi connectivity index (χ1v) is 3.99. The first kappa shape index (κ1) is 10.3. The molecule has 1 aromatic heterocycles. The standard InChI is InChI=1S/C8H6ClN3O2/c9-7-11-4-6(5-12-7)2-1-3-10-8(13)14/h4-5,10H,3H2,(H,13,14). The Kier molecular flexibility index (Phi) is 3.70. The zero-order chi connectivity index (χ0) is 10.4. The number of nitrogens with zero attached hydrogens (tertiary/aromatic N) is 2. The number of carbonyl (C=O) groups is 1. The third kappa shape index (κ3) is 3.74. The van der Waals surface area contributed by atoms with Gasteiger partial charge < -0.3 is 10.4 Å². The van der Waals surface area contributed by atoms with Crippen LogP contribution in [0.15, 0.2) is 12.4 Å². The second-order valence-corrected chi connectivity index (χ2v) is 2.54. The van der Waals surface area contributed by atoms with Gasteiger partial charge in [0.2, 0.25) is 5.28 Å². The van der Waals surface area contributed by atoms with E-state index < -0.39 is 6.09 Å². The largest absolute Gasteiger partial charge is 0.465 e. The molecule has 1 amide bonds. The maximum absolute atomic E-state index is 10.0. The van der Waals surface area contributed by atoms with Crippen LogP contribution in [0.1, 0.15) is 5.56 Å². The van der Waals surface area contributed by atoms with E-state index in [1.807, 2.05) is 0 Å². The van der Waals surface area contributed by atoms with E-state index in [9.17, 15) is 4.79 Å². The fraction of sp³-hybridized carbons (Fsp3) is 0.125. The van der Waals surface area contributed by atoms with Crippen LogP contribution in [-0.2, 0) is 0 Å². The third-order valence-electron chi connectivity index (χ3n) is 1.18. The summed E-state index contributed by atoms with van der Waals surface area (Å²) in [6, 6.07) is 0. The van der Waals surface area contributed by atoms with Crippen LogP contribution in [0.2, 0.25) is 5.28 Å². The number of hydrogen-bond donors (Lipinski definition) is 2. The minimum absolute atomic E-state index is 0.0674. The highest BCUT2D eigenvalue weighted by Crippen LogP contribution is 1.98. The molecule has 1 aromatic rings. The van der Waals surface area contributed by atoms with E-state index in [0.29, 0.717) is 5.56 Å². The maximum Gasteiger partial charge on any atom is 0.405 e. The van der Waals surface area contributed by atoms with Crippen molar-refractivity contribution in [1.29, 1.82) is 0 Å². The summed E-state index contributed by atoms with van der Waals surface area (Å²) in [5.74, 6) is 5.26. The summed E-state index contributed by atoms with van der Waals surface area (Å²) < 4.78 is 0. The Hall–Kier alpha value is -1.80. The maximum atomic E-state index is 10.0. The number of nitrogens with one attached hydrogen (secondary N) is 1. The Balaban J connectivity index is 2.51. The average molecular weight is 212 g/mol. The van der Waals surface area contributed by atoms with E-state index in [2.05, 4.69) is 27.1 Å². The molecule has 1 rings (SSSR count). The van der Waals surface area contributed by atoms with Gasteiger partial charge in [-0.3, -0.25) is 0 Å². The van der Waals surface area contributed by atoms with Crippen LogP contribution in [0, 0.1) is 11.8 Å². The quantitative estimate of drug-likeness (QED) is 0.531. The zero-order valence-electron chi connectivity index (χ0n) is 6.99. The lowest BCUT2D eigenvalue weighted by Crippen LogP contribution is -2.20. The van der Waals surface area contributed by atoms with Gasteiger partial charge in [0.1, 0.15) is 0 Å². The van der Waals surface area contributed by atoms with Crippen molar-refractivity contribution < 1.29 is 9.90 Å². The Bertz CT molecular complexity index is 380. The molecule has 72 valence electrons. The Morgan fingerprint density at radius 1 is 1.57 bits per heavy atom. The van der Waals surface area contributed by atoms with Crippen LogP contribution >= 0.6 is 11.6 Å². The molecular weight excluding hydrogens is 206 g/mol. The molecule has 2 N–H and O–H groups in total. The summed E-state index contributed by atoms with van der Waals surface area (Å²) in [6.45, 7) is 0.0674. The zero-order valence-corrected chi connectivity index (χ0v) is 7.75. The van der Waals surface area contributed by atoms with Crippen molar-refractivity contribution in [1.82, 2.24) is 15.3 Å². The van der Waals surface area contributed by atoms with E-state index in [1.54, 1.807) is 0 Å². The minimum atomic E-state index is -1.10. The molecule has 0 radical (unpaired) electrons. The number of halogens is 1. The Morgan fingerprint density at radius 3 is 2.79 bits per heavy atom. The highest BCUT2D eigenvalue weighted by Gasteiger charge is 1.90. The van der Waals surface area contributed by atoms with Gasteiger partial charge in [-0.25, -0.2) is 14.8 Å². The summed E-state index contributed by atoms with van der Waals surface area (Å²) in [4.78, 5) is 17.5. The van der Waals surface area contributed by atoms with Crippen molar-refractivity contribution >= 4 is 17.7 Å². The van der Waals surface area contributed by atoms with Crippen molar-refractivity contribution in [3.05, 3.63) is 23.2 Å². The van der Waals surface area contributed by atoms with Gasteiger partial charge in [0.15, 0.2) is 0 Å². The van der Waals surface area contributed by atoms with Crippen LogP contribution in [0.5, 0.6) is 0 Å². The molecule has 0 bridgehead atoms.